The number of amides is 2. The maximum Gasteiger partial charge on any atom is 0.249 e. The van der Waals surface area contributed by atoms with Crippen LogP contribution >= 0.6 is 0 Å². The summed E-state index contributed by atoms with van der Waals surface area (Å²) in [5, 5.41) is 5.66. The van der Waals surface area contributed by atoms with Crippen LogP contribution in [-0.4, -0.2) is 68.0 Å². The van der Waals surface area contributed by atoms with Crippen LogP contribution in [0.25, 0.3) is 0 Å². The molecule has 2 aliphatic rings. The molecule has 0 radical (unpaired) electrons. The Balaban J connectivity index is 1.64. The molecule has 0 unspecified atom stereocenters. The predicted octanol–water partition coefficient (Wildman–Crippen LogP) is -0.511. The van der Waals surface area contributed by atoms with Crippen molar-refractivity contribution >= 4 is 23.5 Å². The Bertz CT molecular complexity index is 696. The lowest BCUT2D eigenvalue weighted by molar-refractivity contribution is -0.902. The number of piperazine rings is 1. The third-order valence-electron chi connectivity index (χ3n) is 4.91. The van der Waals surface area contributed by atoms with Crippen molar-refractivity contribution in [2.45, 2.75) is 26.3 Å². The minimum absolute atomic E-state index is 0.0620. The lowest BCUT2D eigenvalue weighted by Gasteiger charge is -2.35. The summed E-state index contributed by atoms with van der Waals surface area (Å²) in [7, 11) is 0. The zero-order valence-corrected chi connectivity index (χ0v) is 16.0. The third kappa shape index (κ3) is 4.97. The fraction of sp³-hybridized carbons (Fsp3) is 0.526. The van der Waals surface area contributed by atoms with E-state index in [2.05, 4.69) is 27.4 Å². The highest BCUT2D eigenvalue weighted by Crippen LogP contribution is 2.17. The van der Waals surface area contributed by atoms with Gasteiger partial charge in [-0.05, 0) is 38.1 Å². The van der Waals surface area contributed by atoms with Gasteiger partial charge >= 0.3 is 0 Å². The molecule has 0 saturated carbocycles. The Morgan fingerprint density at radius 1 is 1.30 bits per heavy atom. The first-order valence-corrected chi connectivity index (χ1v) is 9.59. The number of guanidine groups is 1. The minimum Gasteiger partial charge on any atom is -0.494 e. The molecule has 0 aromatic heterocycles. The molecular weight excluding hydrogens is 346 g/mol. The third-order valence-corrected chi connectivity index (χ3v) is 4.91. The van der Waals surface area contributed by atoms with Crippen LogP contribution in [0.15, 0.2) is 29.3 Å². The first-order chi connectivity index (χ1) is 13.1. The van der Waals surface area contributed by atoms with Gasteiger partial charge in [0.1, 0.15) is 11.8 Å². The number of carbonyl (C=O) groups excluding carboxylic acids is 2. The number of aliphatic imine (C=N–C) groups is 1. The average molecular weight is 374 g/mol. The van der Waals surface area contributed by atoms with Gasteiger partial charge in [0.25, 0.3) is 0 Å². The summed E-state index contributed by atoms with van der Waals surface area (Å²) in [4.78, 5) is 32.8. The summed E-state index contributed by atoms with van der Waals surface area (Å²) in [6, 6.07) is 6.46. The smallest absolute Gasteiger partial charge is 0.249 e. The Labute approximate surface area is 159 Å². The van der Waals surface area contributed by atoms with Crippen LogP contribution in [-0.2, 0) is 9.59 Å². The number of carbonyl (C=O) groups is 2. The molecule has 3 rings (SSSR count). The van der Waals surface area contributed by atoms with Crippen molar-refractivity contribution < 1.29 is 19.2 Å². The van der Waals surface area contributed by atoms with E-state index in [4.69, 9.17) is 4.74 Å². The van der Waals surface area contributed by atoms with Gasteiger partial charge in [-0.15, -0.1) is 0 Å². The highest BCUT2D eigenvalue weighted by molar-refractivity contribution is 6.05. The van der Waals surface area contributed by atoms with E-state index in [1.165, 1.54) is 0 Å². The number of nitrogens with zero attached hydrogens (tertiary/aromatic N) is 2. The fourth-order valence-electron chi connectivity index (χ4n) is 3.30. The molecule has 2 heterocycles. The molecule has 146 valence electrons. The van der Waals surface area contributed by atoms with E-state index >= 15 is 0 Å². The first kappa shape index (κ1) is 19.2. The standard InChI is InChI=1S/C19H27N5O3/c1-3-23-9-11-24(12-10-23)19-21-16(13-17(25)22-19)18(26)20-14-5-7-15(8-6-14)27-4-2/h5-8,16H,3-4,9-13H2,1-2H3,(H,20,26)(H,21,22,25)/p+1/t16-/m1/s1. The second-order valence-corrected chi connectivity index (χ2v) is 6.76. The second-order valence-electron chi connectivity index (χ2n) is 6.76. The number of rotatable bonds is 5. The number of ether oxygens (including phenoxy) is 1. The van der Waals surface area contributed by atoms with Crippen LogP contribution in [0.4, 0.5) is 5.69 Å². The monoisotopic (exact) mass is 374 g/mol. The van der Waals surface area contributed by atoms with E-state index < -0.39 is 6.04 Å². The molecule has 27 heavy (non-hydrogen) atoms. The summed E-state index contributed by atoms with van der Waals surface area (Å²) in [5.74, 6) is 0.830. The van der Waals surface area contributed by atoms with Gasteiger partial charge in [0.05, 0.1) is 45.8 Å². The summed E-state index contributed by atoms with van der Waals surface area (Å²) in [5.41, 5.74) is 0.659. The van der Waals surface area contributed by atoms with Gasteiger partial charge in [0.2, 0.25) is 17.8 Å². The molecule has 1 atom stereocenters. The van der Waals surface area contributed by atoms with Gasteiger partial charge in [0, 0.05) is 5.69 Å². The van der Waals surface area contributed by atoms with E-state index in [9.17, 15) is 9.59 Å². The summed E-state index contributed by atoms with van der Waals surface area (Å²) in [6.45, 7) is 9.46. The number of hydrogen-bond acceptors (Lipinski definition) is 5. The maximum atomic E-state index is 12.6. The molecule has 8 nitrogen and oxygen atoms in total. The molecule has 1 aromatic carbocycles. The van der Waals surface area contributed by atoms with Crippen molar-refractivity contribution in [1.29, 1.82) is 0 Å². The molecule has 0 aliphatic carbocycles. The normalized spacial score (nSPS) is 20.7. The number of quaternary nitrogens is 1. The van der Waals surface area contributed by atoms with Gasteiger partial charge in [-0.1, -0.05) is 0 Å². The van der Waals surface area contributed by atoms with Crippen molar-refractivity contribution in [3.63, 3.8) is 0 Å². The quantitative estimate of drug-likeness (QED) is 0.648. The van der Waals surface area contributed by atoms with Crippen molar-refractivity contribution in [3.05, 3.63) is 24.3 Å². The van der Waals surface area contributed by atoms with Gasteiger partial charge in [-0.25, -0.2) is 4.99 Å². The van der Waals surface area contributed by atoms with E-state index in [0.717, 1.165) is 38.5 Å². The Morgan fingerprint density at radius 3 is 2.63 bits per heavy atom. The number of nitrogens with one attached hydrogen (secondary N) is 3. The Hall–Kier alpha value is -2.61. The Morgan fingerprint density at radius 2 is 2.00 bits per heavy atom. The second kappa shape index (κ2) is 8.85. The topological polar surface area (TPSA) is 87.5 Å². The average Bonchev–Trinajstić information content (AvgIpc) is 2.69. The highest BCUT2D eigenvalue weighted by atomic mass is 16.5. The van der Waals surface area contributed by atoms with Gasteiger partial charge in [-0.2, -0.15) is 0 Å². The summed E-state index contributed by atoms with van der Waals surface area (Å²) < 4.78 is 5.40. The van der Waals surface area contributed by atoms with Crippen LogP contribution in [0.5, 0.6) is 5.75 Å². The van der Waals surface area contributed by atoms with Crippen LogP contribution in [0.1, 0.15) is 20.3 Å². The fourth-order valence-corrected chi connectivity index (χ4v) is 3.30. The zero-order valence-electron chi connectivity index (χ0n) is 16.0. The van der Waals surface area contributed by atoms with Crippen LogP contribution in [0.3, 0.4) is 0 Å². The largest absolute Gasteiger partial charge is 0.494 e. The summed E-state index contributed by atoms with van der Waals surface area (Å²) in [6.07, 6.45) is 0.0620. The molecular formula is C19H28N5O3+. The molecule has 0 spiro atoms. The molecule has 1 saturated heterocycles. The van der Waals surface area contributed by atoms with E-state index in [0.29, 0.717) is 18.3 Å². The molecule has 0 bridgehead atoms. The van der Waals surface area contributed by atoms with E-state index in [1.54, 1.807) is 29.2 Å². The molecule has 2 amide bonds. The van der Waals surface area contributed by atoms with E-state index in [-0.39, 0.29) is 18.2 Å². The van der Waals surface area contributed by atoms with Gasteiger partial charge < -0.3 is 19.9 Å². The van der Waals surface area contributed by atoms with Crippen LogP contribution in [0, 0.1) is 0 Å². The lowest BCUT2D eigenvalue weighted by Crippen LogP contribution is -3.14. The minimum atomic E-state index is -0.711. The molecule has 2 aliphatic heterocycles. The zero-order chi connectivity index (χ0) is 19.2. The first-order valence-electron chi connectivity index (χ1n) is 9.59. The predicted molar refractivity (Wildman–Crippen MR) is 103 cm³/mol. The van der Waals surface area contributed by atoms with Crippen molar-refractivity contribution in [3.8, 4) is 5.75 Å². The van der Waals surface area contributed by atoms with Crippen LogP contribution < -0.4 is 20.3 Å². The molecule has 3 N–H and O–H groups in total. The summed E-state index contributed by atoms with van der Waals surface area (Å²) >= 11 is 0. The highest BCUT2D eigenvalue weighted by Gasteiger charge is 2.31. The molecule has 1 aromatic rings. The lowest BCUT2D eigenvalue weighted by atomic mass is 10.1. The van der Waals surface area contributed by atoms with Crippen molar-refractivity contribution in [2.75, 3.05) is 44.6 Å². The number of anilines is 1. The molecule has 1 fully saturated rings. The van der Waals surface area contributed by atoms with Gasteiger partial charge in [-0.3, -0.25) is 14.9 Å². The number of likely N-dealkylation sites (N-methyl/N-ethyl adjacent to an activating group) is 1. The van der Waals surface area contributed by atoms with Crippen molar-refractivity contribution in [1.82, 2.24) is 10.2 Å². The van der Waals surface area contributed by atoms with Gasteiger partial charge in [0.15, 0.2) is 0 Å². The number of benzene rings is 1. The van der Waals surface area contributed by atoms with E-state index in [1.807, 2.05) is 6.92 Å². The molecule has 8 heteroatoms. The van der Waals surface area contributed by atoms with Crippen LogP contribution in [0.2, 0.25) is 0 Å². The Kier molecular flexibility index (Phi) is 6.28. The van der Waals surface area contributed by atoms with Crippen molar-refractivity contribution in [2.24, 2.45) is 4.99 Å². The maximum absolute atomic E-state index is 12.6. The number of hydrogen-bond donors (Lipinski definition) is 3. The SMILES string of the molecule is CCOc1ccc(NC(=O)[C@H]2CC(=O)NC(N3CC[NH+](CC)CC3)=N2)cc1.